The summed E-state index contributed by atoms with van der Waals surface area (Å²) in [7, 11) is 2.03. The van der Waals surface area contributed by atoms with E-state index in [0.29, 0.717) is 26.2 Å². The second kappa shape index (κ2) is 9.12. The molecule has 2 N–H and O–H groups in total. The van der Waals surface area contributed by atoms with Crippen molar-refractivity contribution in [2.45, 2.75) is 19.4 Å². The average molecular weight is 375 g/mol. The number of hydrogen-bond donors (Lipinski definition) is 1. The van der Waals surface area contributed by atoms with Gasteiger partial charge in [0.25, 0.3) is 0 Å². The van der Waals surface area contributed by atoms with Crippen molar-refractivity contribution in [2.24, 2.45) is 11.7 Å². The van der Waals surface area contributed by atoms with E-state index >= 15 is 0 Å². The molecule has 7 heteroatoms. The average Bonchev–Trinajstić information content (AvgIpc) is 3.31. The highest BCUT2D eigenvalue weighted by atomic mass is 32.1. The number of hydrogen-bond acceptors (Lipinski definition) is 7. The van der Waals surface area contributed by atoms with E-state index < -0.39 is 0 Å². The molecule has 0 saturated carbocycles. The first-order valence-electron chi connectivity index (χ1n) is 8.89. The van der Waals surface area contributed by atoms with Crippen LogP contribution < -0.4 is 10.5 Å². The Kier molecular flexibility index (Phi) is 6.60. The third-order valence-corrected chi connectivity index (χ3v) is 5.45. The molecule has 0 bridgehead atoms. The molecular weight excluding hydrogens is 350 g/mol. The number of benzene rings is 1. The number of carbonyl (C=O) groups excluding carboxylic acids is 1. The fourth-order valence-electron chi connectivity index (χ4n) is 2.90. The number of nitrogens with two attached hydrogens (primary N) is 1. The number of carbonyl (C=O) groups is 1. The predicted molar refractivity (Wildman–Crippen MR) is 102 cm³/mol. The van der Waals surface area contributed by atoms with E-state index in [1.54, 1.807) is 11.3 Å². The first-order valence-corrected chi connectivity index (χ1v) is 9.70. The van der Waals surface area contributed by atoms with E-state index in [9.17, 15) is 4.79 Å². The Morgan fingerprint density at radius 3 is 2.81 bits per heavy atom. The number of rotatable bonds is 8. The minimum absolute atomic E-state index is 0.0270. The molecule has 26 heavy (non-hydrogen) atoms. The molecule has 3 rings (SSSR count). The molecule has 1 aliphatic rings. The lowest BCUT2D eigenvalue weighted by Crippen LogP contribution is -2.22. The van der Waals surface area contributed by atoms with Crippen LogP contribution in [-0.2, 0) is 16.1 Å². The Labute approximate surface area is 157 Å². The Morgan fingerprint density at radius 1 is 1.35 bits per heavy atom. The molecule has 1 aliphatic heterocycles. The number of aromatic nitrogens is 1. The Balaban J connectivity index is 1.36. The van der Waals surface area contributed by atoms with Crippen LogP contribution in [0.4, 0.5) is 0 Å². The molecular formula is C19H25N3O3S. The van der Waals surface area contributed by atoms with Gasteiger partial charge in [-0.1, -0.05) is 0 Å². The van der Waals surface area contributed by atoms with E-state index in [0.717, 1.165) is 40.7 Å². The highest BCUT2D eigenvalue weighted by Gasteiger charge is 2.27. The molecule has 140 valence electrons. The van der Waals surface area contributed by atoms with Crippen LogP contribution in [0.1, 0.15) is 17.7 Å². The molecule has 2 aromatic rings. The summed E-state index contributed by atoms with van der Waals surface area (Å²) in [6, 6.07) is 7.84. The first-order chi connectivity index (χ1) is 12.7. The third kappa shape index (κ3) is 5.03. The number of esters is 1. The van der Waals surface area contributed by atoms with E-state index in [4.69, 9.17) is 15.2 Å². The highest BCUT2D eigenvalue weighted by molar-refractivity contribution is 7.15. The van der Waals surface area contributed by atoms with E-state index in [2.05, 4.69) is 9.88 Å². The molecule has 1 atom stereocenters. The zero-order valence-electron chi connectivity index (χ0n) is 15.0. The molecule has 1 aromatic carbocycles. The van der Waals surface area contributed by atoms with Gasteiger partial charge in [0.05, 0.1) is 19.1 Å². The van der Waals surface area contributed by atoms with E-state index in [1.807, 2.05) is 37.5 Å². The van der Waals surface area contributed by atoms with Crippen molar-refractivity contribution >= 4 is 17.3 Å². The Bertz CT molecular complexity index is 717. The molecule has 0 amide bonds. The zero-order valence-corrected chi connectivity index (χ0v) is 15.8. The monoisotopic (exact) mass is 375 g/mol. The van der Waals surface area contributed by atoms with Gasteiger partial charge in [-0.3, -0.25) is 4.79 Å². The molecule has 0 radical (unpaired) electrons. The van der Waals surface area contributed by atoms with Gasteiger partial charge in [0.1, 0.15) is 10.8 Å². The van der Waals surface area contributed by atoms with Gasteiger partial charge in [-0.2, -0.15) is 0 Å². The lowest BCUT2D eigenvalue weighted by molar-refractivity contribution is -0.148. The smallest absolute Gasteiger partial charge is 0.310 e. The largest absolute Gasteiger partial charge is 0.493 e. The number of ether oxygens (including phenoxy) is 2. The highest BCUT2D eigenvalue weighted by Crippen LogP contribution is 2.26. The summed E-state index contributed by atoms with van der Waals surface area (Å²) in [4.78, 5) is 19.5. The molecule has 0 aliphatic carbocycles. The van der Waals surface area contributed by atoms with Gasteiger partial charge in [0.2, 0.25) is 0 Å². The third-order valence-electron chi connectivity index (χ3n) is 4.38. The number of nitrogens with zero attached hydrogens (tertiary/aromatic N) is 2. The summed E-state index contributed by atoms with van der Waals surface area (Å²) in [5, 5.41) is 0.960. The minimum Gasteiger partial charge on any atom is -0.493 e. The van der Waals surface area contributed by atoms with Crippen LogP contribution in [0.25, 0.3) is 10.6 Å². The normalized spacial score (nSPS) is 17.4. The van der Waals surface area contributed by atoms with Gasteiger partial charge >= 0.3 is 5.97 Å². The van der Waals surface area contributed by atoms with Crippen LogP contribution in [0.3, 0.4) is 0 Å². The second-order valence-electron chi connectivity index (χ2n) is 6.48. The summed E-state index contributed by atoms with van der Waals surface area (Å²) >= 11 is 1.60. The zero-order chi connectivity index (χ0) is 18.4. The lowest BCUT2D eigenvalue weighted by Gasteiger charge is -2.11. The number of thiazole rings is 1. The van der Waals surface area contributed by atoms with Crippen LogP contribution in [0.5, 0.6) is 5.75 Å². The van der Waals surface area contributed by atoms with Crippen LogP contribution in [-0.4, -0.2) is 49.2 Å². The molecule has 1 saturated heterocycles. The quantitative estimate of drug-likeness (QED) is 0.564. The van der Waals surface area contributed by atoms with Crippen molar-refractivity contribution < 1.29 is 14.3 Å². The maximum absolute atomic E-state index is 11.9. The molecule has 1 fully saturated rings. The topological polar surface area (TPSA) is 77.7 Å². The summed E-state index contributed by atoms with van der Waals surface area (Å²) in [5.74, 6) is 0.742. The van der Waals surface area contributed by atoms with Crippen molar-refractivity contribution in [3.63, 3.8) is 0 Å². The summed E-state index contributed by atoms with van der Waals surface area (Å²) in [6.45, 7) is 3.20. The maximum atomic E-state index is 11.9. The second-order valence-corrected chi connectivity index (χ2v) is 7.59. The molecule has 2 heterocycles. The van der Waals surface area contributed by atoms with Crippen molar-refractivity contribution in [3.8, 4) is 16.3 Å². The summed E-state index contributed by atoms with van der Waals surface area (Å²) < 4.78 is 11.1. The predicted octanol–water partition coefficient (Wildman–Crippen LogP) is 2.53. The molecule has 1 aromatic heterocycles. The maximum Gasteiger partial charge on any atom is 0.310 e. The molecule has 0 spiro atoms. The number of likely N-dealkylation sites (tertiary alicyclic amines) is 1. The van der Waals surface area contributed by atoms with Gasteiger partial charge in [0.15, 0.2) is 0 Å². The summed E-state index contributed by atoms with van der Waals surface area (Å²) in [5.41, 5.74) is 6.68. The first kappa shape index (κ1) is 18.8. The minimum atomic E-state index is -0.0843. The van der Waals surface area contributed by atoms with E-state index in [1.165, 1.54) is 0 Å². The van der Waals surface area contributed by atoms with Gasteiger partial charge in [-0.15, -0.1) is 11.3 Å². The lowest BCUT2D eigenvalue weighted by atomic mass is 10.1. The van der Waals surface area contributed by atoms with E-state index in [-0.39, 0.29) is 11.9 Å². The Morgan fingerprint density at radius 2 is 2.15 bits per heavy atom. The van der Waals surface area contributed by atoms with Crippen LogP contribution in [0.2, 0.25) is 0 Å². The molecule has 6 nitrogen and oxygen atoms in total. The van der Waals surface area contributed by atoms with Crippen molar-refractivity contribution in [1.29, 1.82) is 0 Å². The van der Waals surface area contributed by atoms with Gasteiger partial charge in [0, 0.05) is 36.1 Å². The van der Waals surface area contributed by atoms with Crippen molar-refractivity contribution in [2.75, 3.05) is 33.4 Å². The standard InChI is InChI=1S/C19H25N3O3S/c1-22-8-7-15(13-22)19(23)25-10-2-9-24-16-5-3-14(4-6-16)18-21-12-17(11-20)26-18/h3-6,12,15H,2,7-11,13,20H2,1H3. The summed E-state index contributed by atoms with van der Waals surface area (Å²) in [6.07, 6.45) is 3.39. The van der Waals surface area contributed by atoms with Crippen LogP contribution in [0, 0.1) is 5.92 Å². The van der Waals surface area contributed by atoms with Crippen LogP contribution >= 0.6 is 11.3 Å². The van der Waals surface area contributed by atoms with Gasteiger partial charge in [-0.05, 0) is 44.3 Å². The molecule has 1 unspecified atom stereocenters. The van der Waals surface area contributed by atoms with Gasteiger partial charge in [-0.25, -0.2) is 4.98 Å². The fourth-order valence-corrected chi connectivity index (χ4v) is 3.69. The van der Waals surface area contributed by atoms with Gasteiger partial charge < -0.3 is 20.1 Å². The van der Waals surface area contributed by atoms with Crippen LogP contribution in [0.15, 0.2) is 30.5 Å². The SMILES string of the molecule is CN1CCC(C(=O)OCCCOc2ccc(-c3ncc(CN)s3)cc2)C1. The van der Waals surface area contributed by atoms with Crippen molar-refractivity contribution in [3.05, 3.63) is 35.3 Å². The Hall–Kier alpha value is -1.96. The van der Waals surface area contributed by atoms with Crippen molar-refractivity contribution in [1.82, 2.24) is 9.88 Å². The fraction of sp³-hybridized carbons (Fsp3) is 0.474.